The molecule has 4 nitrogen and oxygen atoms in total. The zero-order valence-corrected chi connectivity index (χ0v) is 13.1. The van der Waals surface area contributed by atoms with E-state index in [2.05, 4.69) is 48.3 Å². The van der Waals surface area contributed by atoms with E-state index < -0.39 is 0 Å². The topological polar surface area (TPSA) is 27.7 Å². The number of hydrogen-bond donors (Lipinski definition) is 1. The molecule has 20 heavy (non-hydrogen) atoms. The van der Waals surface area contributed by atoms with Gasteiger partial charge in [0.25, 0.3) is 0 Å². The van der Waals surface area contributed by atoms with Gasteiger partial charge in [-0.05, 0) is 38.7 Å². The number of nitrogens with one attached hydrogen (secondary N) is 1. The quantitative estimate of drug-likeness (QED) is 0.884. The first-order valence-electron chi connectivity index (χ1n) is 7.36. The van der Waals surface area contributed by atoms with Crippen molar-refractivity contribution in [1.29, 1.82) is 0 Å². The Morgan fingerprint density at radius 1 is 1.35 bits per heavy atom. The normalized spacial score (nSPS) is 22.7. The van der Waals surface area contributed by atoms with Gasteiger partial charge >= 0.3 is 0 Å². The number of piperazine rings is 1. The molecule has 0 saturated carbocycles. The van der Waals surface area contributed by atoms with Crippen LogP contribution in [0.2, 0.25) is 0 Å². The number of nitrogens with zero attached hydrogens (tertiary/aromatic N) is 2. The Labute approximate surface area is 122 Å². The van der Waals surface area contributed by atoms with E-state index in [-0.39, 0.29) is 0 Å². The van der Waals surface area contributed by atoms with Gasteiger partial charge in [0, 0.05) is 38.3 Å². The maximum absolute atomic E-state index is 5.29. The summed E-state index contributed by atoms with van der Waals surface area (Å²) in [5.41, 5.74) is 1.27. The lowest BCUT2D eigenvalue weighted by Gasteiger charge is -2.38. The molecular formula is C16H27N3O. The number of methoxy groups -OCH3 is 1. The minimum Gasteiger partial charge on any atom is -0.497 e. The van der Waals surface area contributed by atoms with E-state index in [9.17, 15) is 0 Å². The van der Waals surface area contributed by atoms with Crippen LogP contribution in [0.15, 0.2) is 24.3 Å². The molecule has 1 aromatic rings. The van der Waals surface area contributed by atoms with Gasteiger partial charge in [-0.1, -0.05) is 12.1 Å². The van der Waals surface area contributed by atoms with Gasteiger partial charge in [-0.2, -0.15) is 0 Å². The minimum absolute atomic E-state index is 0.339. The lowest BCUT2D eigenvalue weighted by Crippen LogP contribution is -2.53. The molecule has 1 saturated heterocycles. The van der Waals surface area contributed by atoms with Crippen molar-refractivity contribution in [3.8, 4) is 5.75 Å². The second kappa shape index (κ2) is 7.07. The van der Waals surface area contributed by atoms with Gasteiger partial charge in [0.2, 0.25) is 0 Å². The van der Waals surface area contributed by atoms with Crippen LogP contribution in [-0.2, 0) is 0 Å². The Bertz CT molecular complexity index is 424. The van der Waals surface area contributed by atoms with Gasteiger partial charge in [0.15, 0.2) is 0 Å². The molecule has 1 aliphatic rings. The molecule has 2 rings (SSSR count). The molecule has 1 heterocycles. The van der Waals surface area contributed by atoms with E-state index in [4.69, 9.17) is 4.74 Å². The second-order valence-corrected chi connectivity index (χ2v) is 5.80. The van der Waals surface area contributed by atoms with E-state index >= 15 is 0 Å². The van der Waals surface area contributed by atoms with Crippen LogP contribution in [0.4, 0.5) is 0 Å². The van der Waals surface area contributed by atoms with Crippen LogP contribution < -0.4 is 10.1 Å². The van der Waals surface area contributed by atoms with Crippen molar-refractivity contribution < 1.29 is 4.74 Å². The summed E-state index contributed by atoms with van der Waals surface area (Å²) in [7, 11) is 6.13. The molecule has 0 aromatic heterocycles. The summed E-state index contributed by atoms with van der Waals surface area (Å²) >= 11 is 0. The molecular weight excluding hydrogens is 250 g/mol. The smallest absolute Gasteiger partial charge is 0.119 e. The van der Waals surface area contributed by atoms with Crippen molar-refractivity contribution in [2.45, 2.75) is 19.0 Å². The fraction of sp³-hybridized carbons (Fsp3) is 0.625. The Hall–Kier alpha value is -1.10. The second-order valence-electron chi connectivity index (χ2n) is 5.80. The molecule has 1 N–H and O–H groups in total. The molecule has 1 aromatic carbocycles. The van der Waals surface area contributed by atoms with E-state index in [1.54, 1.807) is 7.11 Å². The van der Waals surface area contributed by atoms with E-state index in [0.29, 0.717) is 12.1 Å². The predicted octanol–water partition coefficient (Wildman–Crippen LogP) is 1.59. The van der Waals surface area contributed by atoms with Crippen LogP contribution in [0.25, 0.3) is 0 Å². The van der Waals surface area contributed by atoms with Crippen LogP contribution in [0.3, 0.4) is 0 Å². The van der Waals surface area contributed by atoms with Crippen LogP contribution in [0.1, 0.15) is 18.5 Å². The Kier molecular flexibility index (Phi) is 5.40. The number of benzene rings is 1. The average Bonchev–Trinajstić information content (AvgIpc) is 2.48. The highest BCUT2D eigenvalue weighted by Gasteiger charge is 2.22. The molecule has 1 aliphatic heterocycles. The molecule has 4 heteroatoms. The molecule has 0 aliphatic carbocycles. The van der Waals surface area contributed by atoms with Crippen LogP contribution >= 0.6 is 0 Å². The molecule has 2 unspecified atom stereocenters. The molecule has 0 bridgehead atoms. The molecule has 0 amide bonds. The van der Waals surface area contributed by atoms with Gasteiger partial charge in [0.05, 0.1) is 7.11 Å². The summed E-state index contributed by atoms with van der Waals surface area (Å²) in [5, 5.41) is 3.65. The van der Waals surface area contributed by atoms with E-state index in [1.807, 2.05) is 12.1 Å². The molecule has 2 atom stereocenters. The summed E-state index contributed by atoms with van der Waals surface area (Å²) in [6.45, 7) is 6.67. The highest BCUT2D eigenvalue weighted by molar-refractivity contribution is 5.30. The fourth-order valence-electron chi connectivity index (χ4n) is 2.66. The lowest BCUT2D eigenvalue weighted by atomic mass is 10.1. The number of rotatable bonds is 5. The van der Waals surface area contributed by atoms with Crippen molar-refractivity contribution in [1.82, 2.24) is 15.1 Å². The summed E-state index contributed by atoms with van der Waals surface area (Å²) in [6, 6.07) is 9.21. The SMILES string of the molecule is COc1cccc(C(C)NCC2CN(C)CCN2C)c1. The largest absolute Gasteiger partial charge is 0.497 e. The first-order valence-corrected chi connectivity index (χ1v) is 7.36. The zero-order valence-electron chi connectivity index (χ0n) is 13.1. The standard InChI is InChI=1S/C16H27N3O/c1-13(14-6-5-7-16(10-14)20-4)17-11-15-12-18(2)8-9-19(15)3/h5-7,10,13,15,17H,8-9,11-12H2,1-4H3. The summed E-state index contributed by atoms with van der Waals surface area (Å²) in [6.07, 6.45) is 0. The third-order valence-corrected chi connectivity index (χ3v) is 4.23. The third kappa shape index (κ3) is 3.95. The number of hydrogen-bond acceptors (Lipinski definition) is 4. The fourth-order valence-corrected chi connectivity index (χ4v) is 2.66. The van der Waals surface area contributed by atoms with Gasteiger partial charge in [-0.3, -0.25) is 4.90 Å². The van der Waals surface area contributed by atoms with Crippen molar-refractivity contribution in [2.75, 3.05) is 47.4 Å². The van der Waals surface area contributed by atoms with Crippen molar-refractivity contribution in [3.05, 3.63) is 29.8 Å². The Balaban J connectivity index is 1.89. The number of ether oxygens (including phenoxy) is 1. The van der Waals surface area contributed by atoms with Gasteiger partial charge in [-0.25, -0.2) is 0 Å². The first-order chi connectivity index (χ1) is 9.60. The van der Waals surface area contributed by atoms with E-state index in [0.717, 1.165) is 25.4 Å². The lowest BCUT2D eigenvalue weighted by molar-refractivity contribution is 0.112. The Morgan fingerprint density at radius 3 is 2.90 bits per heavy atom. The van der Waals surface area contributed by atoms with E-state index in [1.165, 1.54) is 12.1 Å². The van der Waals surface area contributed by atoms with Gasteiger partial charge in [-0.15, -0.1) is 0 Å². The van der Waals surface area contributed by atoms with Gasteiger partial charge < -0.3 is 15.0 Å². The number of likely N-dealkylation sites (N-methyl/N-ethyl adjacent to an activating group) is 2. The monoisotopic (exact) mass is 277 g/mol. The predicted molar refractivity (Wildman–Crippen MR) is 83.3 cm³/mol. The third-order valence-electron chi connectivity index (χ3n) is 4.23. The van der Waals surface area contributed by atoms with Crippen LogP contribution in [-0.4, -0.2) is 63.2 Å². The molecule has 1 fully saturated rings. The highest BCUT2D eigenvalue weighted by Crippen LogP contribution is 2.19. The molecule has 0 radical (unpaired) electrons. The summed E-state index contributed by atoms with van der Waals surface area (Å²) in [4.78, 5) is 4.86. The maximum Gasteiger partial charge on any atom is 0.119 e. The van der Waals surface area contributed by atoms with Crippen molar-refractivity contribution >= 4 is 0 Å². The Morgan fingerprint density at radius 2 is 2.15 bits per heavy atom. The van der Waals surface area contributed by atoms with Gasteiger partial charge in [0.1, 0.15) is 5.75 Å². The minimum atomic E-state index is 0.339. The average molecular weight is 277 g/mol. The van der Waals surface area contributed by atoms with Crippen molar-refractivity contribution in [3.63, 3.8) is 0 Å². The summed E-state index contributed by atoms with van der Waals surface area (Å²) < 4.78 is 5.29. The zero-order chi connectivity index (χ0) is 14.5. The van der Waals surface area contributed by atoms with Crippen LogP contribution in [0, 0.1) is 0 Å². The first kappa shape index (κ1) is 15.3. The summed E-state index contributed by atoms with van der Waals surface area (Å²) in [5.74, 6) is 0.922. The molecule has 112 valence electrons. The van der Waals surface area contributed by atoms with Crippen LogP contribution in [0.5, 0.6) is 5.75 Å². The highest BCUT2D eigenvalue weighted by atomic mass is 16.5. The van der Waals surface area contributed by atoms with Crippen molar-refractivity contribution in [2.24, 2.45) is 0 Å². The maximum atomic E-state index is 5.29. The molecule has 0 spiro atoms.